The van der Waals surface area contributed by atoms with Gasteiger partial charge < -0.3 is 0 Å². The fraction of sp³-hybridized carbons (Fsp3) is 0.733. The molecule has 15 heavy (non-hydrogen) atoms. The maximum absolute atomic E-state index is 5.11. The molecule has 0 aliphatic heterocycles. The van der Waals surface area contributed by atoms with Gasteiger partial charge in [-0.25, -0.2) is 0 Å². The molecule has 0 amide bonds. The Morgan fingerprint density at radius 3 is 1.93 bits per heavy atom. The first-order chi connectivity index (χ1) is 7.41. The largest absolute Gasteiger partial charge is 0.115 e. The van der Waals surface area contributed by atoms with Crippen LogP contribution < -0.4 is 0 Å². The van der Waals surface area contributed by atoms with Crippen molar-refractivity contribution in [2.75, 3.05) is 0 Å². The van der Waals surface area contributed by atoms with Crippen LogP contribution in [0, 0.1) is 12.3 Å². The lowest BCUT2D eigenvalue weighted by atomic mass is 10.1. The van der Waals surface area contributed by atoms with Gasteiger partial charge in [0.1, 0.15) is 0 Å². The molecule has 0 aliphatic rings. The number of hydrogen-bond acceptors (Lipinski definition) is 0. The third kappa shape index (κ3) is 13.3. The van der Waals surface area contributed by atoms with Gasteiger partial charge in [0.2, 0.25) is 0 Å². The zero-order chi connectivity index (χ0) is 11.2. The Hall–Kier alpha value is -0.700. The smallest absolute Gasteiger partial charge is 0.0162 e. The zero-order valence-electron chi connectivity index (χ0n) is 10.3. The SMILES string of the molecule is C#CC=CCCCCCCCCCCC. The minimum atomic E-state index is 1.15. The molecule has 0 aliphatic carbocycles. The molecule has 0 nitrogen and oxygen atoms in total. The van der Waals surface area contributed by atoms with Gasteiger partial charge in [-0.15, -0.1) is 6.42 Å². The number of rotatable bonds is 10. The van der Waals surface area contributed by atoms with E-state index < -0.39 is 0 Å². The summed E-state index contributed by atoms with van der Waals surface area (Å²) in [6, 6.07) is 0. The van der Waals surface area contributed by atoms with Gasteiger partial charge in [0.25, 0.3) is 0 Å². The average molecular weight is 206 g/mol. The highest BCUT2D eigenvalue weighted by Gasteiger charge is 1.90. The van der Waals surface area contributed by atoms with Crippen molar-refractivity contribution in [1.82, 2.24) is 0 Å². The predicted octanol–water partition coefficient (Wildman–Crippen LogP) is 5.10. The second-order valence-electron chi connectivity index (χ2n) is 4.19. The Labute approximate surface area is 96.2 Å². The van der Waals surface area contributed by atoms with E-state index in [2.05, 4.69) is 18.9 Å². The Balaban J connectivity index is 2.93. The van der Waals surface area contributed by atoms with Crippen LogP contribution in [0.5, 0.6) is 0 Å². The van der Waals surface area contributed by atoms with Crippen LogP contribution in [0.25, 0.3) is 0 Å². The van der Waals surface area contributed by atoms with Crippen LogP contribution in [0.3, 0.4) is 0 Å². The van der Waals surface area contributed by atoms with Crippen LogP contribution in [0.4, 0.5) is 0 Å². The summed E-state index contributed by atoms with van der Waals surface area (Å²) >= 11 is 0. The first kappa shape index (κ1) is 14.3. The van der Waals surface area contributed by atoms with Crippen LogP contribution in [0.15, 0.2) is 12.2 Å². The van der Waals surface area contributed by atoms with Gasteiger partial charge in [0, 0.05) is 0 Å². The quantitative estimate of drug-likeness (QED) is 0.345. The van der Waals surface area contributed by atoms with Crippen molar-refractivity contribution in [2.24, 2.45) is 0 Å². The minimum Gasteiger partial charge on any atom is -0.115 e. The maximum atomic E-state index is 5.11. The summed E-state index contributed by atoms with van der Waals surface area (Å²) in [5.74, 6) is 2.52. The average Bonchev–Trinajstić information content (AvgIpc) is 2.26. The molecule has 86 valence electrons. The van der Waals surface area contributed by atoms with Crippen LogP contribution in [0.2, 0.25) is 0 Å². The molecule has 0 heterocycles. The Bertz CT molecular complexity index is 171. The van der Waals surface area contributed by atoms with Crippen LogP contribution in [0.1, 0.15) is 71.1 Å². The lowest BCUT2D eigenvalue weighted by Gasteiger charge is -2.00. The second kappa shape index (κ2) is 13.3. The summed E-state index contributed by atoms with van der Waals surface area (Å²) < 4.78 is 0. The molecule has 0 N–H and O–H groups in total. The van der Waals surface area contributed by atoms with Crippen LogP contribution >= 0.6 is 0 Å². The van der Waals surface area contributed by atoms with Gasteiger partial charge >= 0.3 is 0 Å². The molecule has 0 spiro atoms. The summed E-state index contributed by atoms with van der Waals surface area (Å²) in [7, 11) is 0. The van der Waals surface area contributed by atoms with Crippen molar-refractivity contribution in [2.45, 2.75) is 71.1 Å². The van der Waals surface area contributed by atoms with Crippen LogP contribution in [-0.4, -0.2) is 0 Å². The molecule has 0 saturated heterocycles. The molecule has 0 unspecified atom stereocenters. The van der Waals surface area contributed by atoms with Crippen molar-refractivity contribution in [3.8, 4) is 12.3 Å². The number of terminal acetylenes is 1. The van der Waals surface area contributed by atoms with Gasteiger partial charge in [-0.2, -0.15) is 0 Å². The molecule has 0 aromatic heterocycles. The minimum absolute atomic E-state index is 1.15. The molecular formula is C15H26. The molecular weight excluding hydrogens is 180 g/mol. The molecule has 0 rings (SSSR count). The van der Waals surface area contributed by atoms with E-state index in [0.717, 1.165) is 6.42 Å². The highest BCUT2D eigenvalue weighted by molar-refractivity contribution is 5.08. The van der Waals surface area contributed by atoms with E-state index in [1.807, 2.05) is 6.08 Å². The van der Waals surface area contributed by atoms with Gasteiger partial charge in [0.05, 0.1) is 0 Å². The topological polar surface area (TPSA) is 0 Å². The molecule has 0 aromatic rings. The Morgan fingerprint density at radius 1 is 0.867 bits per heavy atom. The first-order valence-electron chi connectivity index (χ1n) is 6.53. The lowest BCUT2D eigenvalue weighted by molar-refractivity contribution is 0.566. The fourth-order valence-electron chi connectivity index (χ4n) is 1.72. The van der Waals surface area contributed by atoms with Gasteiger partial charge in [-0.1, -0.05) is 70.3 Å². The second-order valence-corrected chi connectivity index (χ2v) is 4.19. The summed E-state index contributed by atoms with van der Waals surface area (Å²) in [6.45, 7) is 2.27. The number of allylic oxidation sites excluding steroid dienone is 2. The standard InChI is InChI=1S/C15H26/c1-3-5-7-9-11-13-15-14-12-10-8-6-4-2/h1,5,7H,4,6,8-15H2,2H3. The summed E-state index contributed by atoms with van der Waals surface area (Å²) in [5.41, 5.74) is 0. The molecule has 0 bridgehead atoms. The van der Waals surface area contributed by atoms with Crippen molar-refractivity contribution in [3.05, 3.63) is 12.2 Å². The van der Waals surface area contributed by atoms with Gasteiger partial charge in [-0.05, 0) is 18.9 Å². The van der Waals surface area contributed by atoms with E-state index in [9.17, 15) is 0 Å². The molecule has 0 atom stereocenters. The molecule has 0 aromatic carbocycles. The van der Waals surface area contributed by atoms with Gasteiger partial charge in [0.15, 0.2) is 0 Å². The highest BCUT2D eigenvalue weighted by atomic mass is 14.0. The summed E-state index contributed by atoms with van der Waals surface area (Å²) in [4.78, 5) is 0. The van der Waals surface area contributed by atoms with E-state index in [-0.39, 0.29) is 0 Å². The fourth-order valence-corrected chi connectivity index (χ4v) is 1.72. The molecule has 0 saturated carbocycles. The monoisotopic (exact) mass is 206 g/mol. The number of hydrogen-bond donors (Lipinski definition) is 0. The molecule has 0 heteroatoms. The van der Waals surface area contributed by atoms with Crippen molar-refractivity contribution in [3.63, 3.8) is 0 Å². The Kier molecular flexibility index (Phi) is 12.7. The third-order valence-electron chi connectivity index (χ3n) is 2.69. The number of unbranched alkanes of at least 4 members (excludes halogenated alkanes) is 9. The van der Waals surface area contributed by atoms with Gasteiger partial charge in [-0.3, -0.25) is 0 Å². The highest BCUT2D eigenvalue weighted by Crippen LogP contribution is 2.10. The molecule has 0 radical (unpaired) electrons. The van der Waals surface area contributed by atoms with E-state index in [1.54, 1.807) is 0 Å². The van der Waals surface area contributed by atoms with E-state index in [4.69, 9.17) is 6.42 Å². The van der Waals surface area contributed by atoms with E-state index >= 15 is 0 Å². The maximum Gasteiger partial charge on any atom is -0.0162 e. The van der Waals surface area contributed by atoms with E-state index in [1.165, 1.54) is 57.8 Å². The predicted molar refractivity (Wildman–Crippen MR) is 69.8 cm³/mol. The van der Waals surface area contributed by atoms with Crippen molar-refractivity contribution in [1.29, 1.82) is 0 Å². The van der Waals surface area contributed by atoms with E-state index in [0.29, 0.717) is 0 Å². The van der Waals surface area contributed by atoms with Crippen LogP contribution in [-0.2, 0) is 0 Å². The summed E-state index contributed by atoms with van der Waals surface area (Å²) in [6.07, 6.45) is 22.7. The third-order valence-corrected chi connectivity index (χ3v) is 2.69. The van der Waals surface area contributed by atoms with Crippen molar-refractivity contribution >= 4 is 0 Å². The molecule has 0 fully saturated rings. The van der Waals surface area contributed by atoms with Crippen molar-refractivity contribution < 1.29 is 0 Å². The summed E-state index contributed by atoms with van der Waals surface area (Å²) in [5, 5.41) is 0. The zero-order valence-corrected chi connectivity index (χ0v) is 10.3. The Morgan fingerprint density at radius 2 is 1.40 bits per heavy atom. The first-order valence-corrected chi connectivity index (χ1v) is 6.53. The lowest BCUT2D eigenvalue weighted by Crippen LogP contribution is -1.80. The normalized spacial score (nSPS) is 10.7.